The van der Waals surface area contributed by atoms with E-state index >= 15 is 0 Å². The molecule has 7 heteroatoms. The molecule has 0 saturated carbocycles. The maximum Gasteiger partial charge on any atom is 0.243 e. The fourth-order valence-electron chi connectivity index (χ4n) is 2.45. The predicted octanol–water partition coefficient (Wildman–Crippen LogP) is 2.53. The third kappa shape index (κ3) is 4.06. The number of rotatable bonds is 6. The maximum atomic E-state index is 12.2. The zero-order valence-corrected chi connectivity index (χ0v) is 14.1. The number of nitrogens with one attached hydrogen (secondary N) is 2. The topological polar surface area (TPSA) is 78.1 Å². The average Bonchev–Trinajstić information content (AvgIpc) is 2.66. The first-order chi connectivity index (χ1) is 12.2. The van der Waals surface area contributed by atoms with Crippen LogP contribution in [0.25, 0.3) is 0 Å². The summed E-state index contributed by atoms with van der Waals surface area (Å²) >= 11 is 0. The van der Waals surface area contributed by atoms with Crippen molar-refractivity contribution >= 4 is 17.3 Å². The van der Waals surface area contributed by atoms with Gasteiger partial charge in [-0.3, -0.25) is 4.79 Å². The Balaban J connectivity index is 1.61. The van der Waals surface area contributed by atoms with Crippen molar-refractivity contribution < 1.29 is 23.7 Å². The SMILES string of the molecule is COc1ccc(OC)c(NCC(=O)Nc2ccc3c(c2)OCCO3)c1. The van der Waals surface area contributed by atoms with E-state index in [4.69, 9.17) is 18.9 Å². The van der Waals surface area contributed by atoms with E-state index in [2.05, 4.69) is 10.6 Å². The lowest BCUT2D eigenvalue weighted by atomic mass is 10.2. The zero-order chi connectivity index (χ0) is 17.6. The molecule has 0 spiro atoms. The van der Waals surface area contributed by atoms with Crippen LogP contribution < -0.4 is 29.6 Å². The van der Waals surface area contributed by atoms with Gasteiger partial charge >= 0.3 is 0 Å². The molecule has 0 fully saturated rings. The molecule has 2 aromatic rings. The van der Waals surface area contributed by atoms with Crippen molar-refractivity contribution in [1.29, 1.82) is 0 Å². The Morgan fingerprint density at radius 2 is 1.84 bits per heavy atom. The van der Waals surface area contributed by atoms with Crippen LogP contribution in [0, 0.1) is 0 Å². The average molecular weight is 344 g/mol. The number of fused-ring (bicyclic) bond motifs is 1. The van der Waals surface area contributed by atoms with Crippen molar-refractivity contribution in [2.45, 2.75) is 0 Å². The van der Waals surface area contributed by atoms with Gasteiger partial charge in [-0.15, -0.1) is 0 Å². The normalized spacial score (nSPS) is 12.2. The minimum atomic E-state index is -0.193. The quantitative estimate of drug-likeness (QED) is 0.838. The van der Waals surface area contributed by atoms with E-state index in [0.717, 1.165) is 0 Å². The summed E-state index contributed by atoms with van der Waals surface area (Å²) in [4.78, 5) is 12.2. The molecule has 7 nitrogen and oxygen atoms in total. The van der Waals surface area contributed by atoms with E-state index in [1.807, 2.05) is 0 Å². The Kier molecular flexibility index (Phi) is 5.13. The highest BCUT2D eigenvalue weighted by Gasteiger charge is 2.13. The molecule has 0 aromatic heterocycles. The van der Waals surface area contributed by atoms with Crippen molar-refractivity contribution in [2.75, 3.05) is 44.6 Å². The standard InChI is InChI=1S/C18H20N2O5/c1-22-13-4-6-15(23-2)14(10-13)19-11-18(21)20-12-3-5-16-17(9-12)25-8-7-24-16/h3-6,9-10,19H,7-8,11H2,1-2H3,(H,20,21). The van der Waals surface area contributed by atoms with Gasteiger partial charge in [-0.05, 0) is 24.3 Å². The van der Waals surface area contributed by atoms with Crippen LogP contribution in [0.5, 0.6) is 23.0 Å². The lowest BCUT2D eigenvalue weighted by Gasteiger charge is -2.19. The van der Waals surface area contributed by atoms with Gasteiger partial charge in [-0.2, -0.15) is 0 Å². The Bertz CT molecular complexity index is 763. The van der Waals surface area contributed by atoms with Gasteiger partial charge in [-0.25, -0.2) is 0 Å². The van der Waals surface area contributed by atoms with Crippen LogP contribution in [0.15, 0.2) is 36.4 Å². The molecule has 2 aromatic carbocycles. The molecule has 1 amide bonds. The monoisotopic (exact) mass is 344 g/mol. The number of hydrogen-bond donors (Lipinski definition) is 2. The summed E-state index contributed by atoms with van der Waals surface area (Å²) in [6, 6.07) is 10.6. The van der Waals surface area contributed by atoms with Crippen LogP contribution in [-0.2, 0) is 4.79 Å². The van der Waals surface area contributed by atoms with Crippen molar-refractivity contribution in [3.63, 3.8) is 0 Å². The molecule has 0 unspecified atom stereocenters. The van der Waals surface area contributed by atoms with Gasteiger partial charge < -0.3 is 29.6 Å². The second kappa shape index (κ2) is 7.65. The van der Waals surface area contributed by atoms with Gasteiger partial charge in [0.25, 0.3) is 0 Å². The summed E-state index contributed by atoms with van der Waals surface area (Å²) in [5.74, 6) is 2.43. The third-order valence-electron chi connectivity index (χ3n) is 3.67. The lowest BCUT2D eigenvalue weighted by molar-refractivity contribution is -0.114. The first kappa shape index (κ1) is 16.8. The Labute approximate surface area is 145 Å². The fourth-order valence-corrected chi connectivity index (χ4v) is 2.45. The highest BCUT2D eigenvalue weighted by molar-refractivity contribution is 5.94. The first-order valence-electron chi connectivity index (χ1n) is 7.85. The highest BCUT2D eigenvalue weighted by Crippen LogP contribution is 2.32. The number of ether oxygens (including phenoxy) is 4. The number of hydrogen-bond acceptors (Lipinski definition) is 6. The van der Waals surface area contributed by atoms with Crippen LogP contribution in [0.2, 0.25) is 0 Å². The third-order valence-corrected chi connectivity index (χ3v) is 3.67. The minimum Gasteiger partial charge on any atom is -0.497 e. The van der Waals surface area contributed by atoms with E-state index in [1.54, 1.807) is 50.6 Å². The van der Waals surface area contributed by atoms with Gasteiger partial charge in [0, 0.05) is 17.8 Å². The fraction of sp³-hybridized carbons (Fsp3) is 0.278. The summed E-state index contributed by atoms with van der Waals surface area (Å²) < 4.78 is 21.4. The molecule has 25 heavy (non-hydrogen) atoms. The molecule has 132 valence electrons. The van der Waals surface area contributed by atoms with Gasteiger partial charge in [0.1, 0.15) is 24.7 Å². The predicted molar refractivity (Wildman–Crippen MR) is 94.1 cm³/mol. The number of methoxy groups -OCH3 is 2. The number of anilines is 2. The summed E-state index contributed by atoms with van der Waals surface area (Å²) in [7, 11) is 3.16. The molecular formula is C18H20N2O5. The van der Waals surface area contributed by atoms with Crippen LogP contribution in [0.4, 0.5) is 11.4 Å². The van der Waals surface area contributed by atoms with E-state index < -0.39 is 0 Å². The molecule has 0 bridgehead atoms. The summed E-state index contributed by atoms with van der Waals surface area (Å²) in [5, 5.41) is 5.87. The molecule has 1 heterocycles. The minimum absolute atomic E-state index is 0.0813. The molecule has 1 aliphatic rings. The van der Waals surface area contributed by atoms with Crippen molar-refractivity contribution in [1.82, 2.24) is 0 Å². The number of benzene rings is 2. The van der Waals surface area contributed by atoms with Crippen LogP contribution >= 0.6 is 0 Å². The van der Waals surface area contributed by atoms with Crippen molar-refractivity contribution in [2.24, 2.45) is 0 Å². The van der Waals surface area contributed by atoms with Gasteiger partial charge in [0.2, 0.25) is 5.91 Å². The molecule has 1 aliphatic heterocycles. The zero-order valence-electron chi connectivity index (χ0n) is 14.1. The summed E-state index contributed by atoms with van der Waals surface area (Å²) in [6.45, 7) is 1.12. The summed E-state index contributed by atoms with van der Waals surface area (Å²) in [6.07, 6.45) is 0. The second-order valence-corrected chi connectivity index (χ2v) is 5.33. The second-order valence-electron chi connectivity index (χ2n) is 5.33. The van der Waals surface area contributed by atoms with E-state index in [0.29, 0.717) is 47.6 Å². The molecule has 2 N–H and O–H groups in total. The molecule has 0 atom stereocenters. The largest absolute Gasteiger partial charge is 0.497 e. The smallest absolute Gasteiger partial charge is 0.243 e. The Hall–Kier alpha value is -3.09. The van der Waals surface area contributed by atoms with Crippen molar-refractivity contribution in [3.05, 3.63) is 36.4 Å². The molecule has 3 rings (SSSR count). The molecule has 0 saturated heterocycles. The summed E-state index contributed by atoms with van der Waals surface area (Å²) in [5.41, 5.74) is 1.33. The Morgan fingerprint density at radius 1 is 1.04 bits per heavy atom. The van der Waals surface area contributed by atoms with Gasteiger partial charge in [0.15, 0.2) is 11.5 Å². The van der Waals surface area contributed by atoms with Gasteiger partial charge in [0.05, 0.1) is 26.5 Å². The van der Waals surface area contributed by atoms with E-state index in [1.165, 1.54) is 0 Å². The van der Waals surface area contributed by atoms with Crippen LogP contribution in [0.1, 0.15) is 0 Å². The highest BCUT2D eigenvalue weighted by atomic mass is 16.6. The van der Waals surface area contributed by atoms with E-state index in [-0.39, 0.29) is 12.5 Å². The first-order valence-corrected chi connectivity index (χ1v) is 7.85. The number of carbonyl (C=O) groups is 1. The van der Waals surface area contributed by atoms with Gasteiger partial charge in [-0.1, -0.05) is 0 Å². The Morgan fingerprint density at radius 3 is 2.60 bits per heavy atom. The van der Waals surface area contributed by atoms with Crippen molar-refractivity contribution in [3.8, 4) is 23.0 Å². The number of amides is 1. The van der Waals surface area contributed by atoms with Crippen LogP contribution in [0.3, 0.4) is 0 Å². The molecule has 0 radical (unpaired) electrons. The van der Waals surface area contributed by atoms with Crippen LogP contribution in [-0.4, -0.2) is 39.9 Å². The van der Waals surface area contributed by atoms with E-state index in [9.17, 15) is 4.79 Å². The number of carbonyl (C=O) groups excluding carboxylic acids is 1. The molecular weight excluding hydrogens is 324 g/mol. The lowest BCUT2D eigenvalue weighted by Crippen LogP contribution is -2.22. The maximum absolute atomic E-state index is 12.2. The molecule has 0 aliphatic carbocycles.